The largest absolute Gasteiger partial charge is 0.512 e. The quantitative estimate of drug-likeness (QED) is 0.133. The summed E-state index contributed by atoms with van der Waals surface area (Å²) in [6, 6.07) is 21.7. The average molecular weight is 523 g/mol. The standard InChI is InChI=1S/C29H21F4NO4/c30-19-13-14-24-22(17-19)26(21-10-3-4-11-23(21)29(31,32)33)27(38-28(35)36)34(24)15-6-16-37-25-12-5-8-18-7-1-2-9-20(18)25/h1-5,7-14,17H,6,15-16H2,(H,35,36). The van der Waals surface area contributed by atoms with E-state index in [9.17, 15) is 27.5 Å². The van der Waals surface area contributed by atoms with E-state index in [1.54, 1.807) is 0 Å². The van der Waals surface area contributed by atoms with Gasteiger partial charge in [-0.2, -0.15) is 13.2 Å². The molecule has 0 aliphatic heterocycles. The van der Waals surface area contributed by atoms with Crippen LogP contribution in [-0.2, 0) is 12.7 Å². The van der Waals surface area contributed by atoms with Crippen molar-refractivity contribution >= 4 is 27.8 Å². The molecule has 5 nitrogen and oxygen atoms in total. The number of aromatic nitrogens is 1. The molecule has 194 valence electrons. The number of nitrogens with zero attached hydrogens (tertiary/aromatic N) is 1. The van der Waals surface area contributed by atoms with Crippen molar-refractivity contribution in [2.45, 2.75) is 19.1 Å². The lowest BCUT2D eigenvalue weighted by Gasteiger charge is -2.15. The molecule has 0 fully saturated rings. The van der Waals surface area contributed by atoms with Crippen molar-refractivity contribution in [2.75, 3.05) is 6.61 Å². The van der Waals surface area contributed by atoms with E-state index in [-0.39, 0.29) is 35.5 Å². The smallest absolute Gasteiger partial charge is 0.493 e. The van der Waals surface area contributed by atoms with Crippen LogP contribution < -0.4 is 9.47 Å². The Kier molecular flexibility index (Phi) is 6.67. The van der Waals surface area contributed by atoms with Gasteiger partial charge in [-0.3, -0.25) is 0 Å². The minimum absolute atomic E-state index is 0.105. The topological polar surface area (TPSA) is 60.7 Å². The fourth-order valence-electron chi connectivity index (χ4n) is 4.65. The van der Waals surface area contributed by atoms with Gasteiger partial charge in [0.05, 0.1) is 23.3 Å². The van der Waals surface area contributed by atoms with Gasteiger partial charge in [0.15, 0.2) is 0 Å². The summed E-state index contributed by atoms with van der Waals surface area (Å²) in [4.78, 5) is 11.6. The van der Waals surface area contributed by atoms with Gasteiger partial charge in [0.25, 0.3) is 0 Å². The monoisotopic (exact) mass is 523 g/mol. The molecule has 0 spiro atoms. The molecule has 9 heteroatoms. The highest BCUT2D eigenvalue weighted by atomic mass is 19.4. The Morgan fingerprint density at radius 3 is 2.42 bits per heavy atom. The molecular formula is C29H21F4NO4. The number of carboxylic acid groups (broad SMARTS) is 1. The van der Waals surface area contributed by atoms with Gasteiger partial charge < -0.3 is 19.1 Å². The lowest BCUT2D eigenvalue weighted by atomic mass is 9.98. The number of aryl methyl sites for hydroxylation is 1. The fraction of sp³-hybridized carbons (Fsp3) is 0.138. The fourth-order valence-corrected chi connectivity index (χ4v) is 4.65. The number of alkyl halides is 3. The Morgan fingerprint density at radius 1 is 0.895 bits per heavy atom. The minimum Gasteiger partial charge on any atom is -0.493 e. The number of benzene rings is 4. The lowest BCUT2D eigenvalue weighted by Crippen LogP contribution is -2.12. The third kappa shape index (κ3) is 4.87. The van der Waals surface area contributed by atoms with Gasteiger partial charge in [0.2, 0.25) is 5.88 Å². The summed E-state index contributed by atoms with van der Waals surface area (Å²) in [5.74, 6) is -0.328. The van der Waals surface area contributed by atoms with Gasteiger partial charge in [0, 0.05) is 17.3 Å². The summed E-state index contributed by atoms with van der Waals surface area (Å²) in [6.07, 6.45) is -6.07. The summed E-state index contributed by atoms with van der Waals surface area (Å²) in [5, 5.41) is 11.5. The molecule has 0 saturated carbocycles. The summed E-state index contributed by atoms with van der Waals surface area (Å²) in [6.45, 7) is 0.375. The second-order valence-electron chi connectivity index (χ2n) is 8.58. The zero-order chi connectivity index (χ0) is 26.9. The van der Waals surface area contributed by atoms with Crippen LogP contribution in [0.15, 0.2) is 84.9 Å². The van der Waals surface area contributed by atoms with Crippen molar-refractivity contribution in [3.8, 4) is 22.8 Å². The van der Waals surface area contributed by atoms with E-state index >= 15 is 0 Å². The van der Waals surface area contributed by atoms with E-state index in [2.05, 4.69) is 0 Å². The second kappa shape index (κ2) is 10.1. The number of halogens is 4. The molecule has 1 N–H and O–H groups in total. The van der Waals surface area contributed by atoms with Crippen molar-refractivity contribution in [2.24, 2.45) is 0 Å². The molecule has 0 unspecified atom stereocenters. The van der Waals surface area contributed by atoms with E-state index in [1.165, 1.54) is 28.8 Å². The lowest BCUT2D eigenvalue weighted by molar-refractivity contribution is -0.137. The van der Waals surface area contributed by atoms with Crippen LogP contribution in [0.25, 0.3) is 32.8 Å². The molecular weight excluding hydrogens is 502 g/mol. The van der Waals surface area contributed by atoms with E-state index in [0.717, 1.165) is 29.0 Å². The Hall–Kier alpha value is -4.53. The maximum Gasteiger partial charge on any atom is 0.512 e. The molecule has 0 atom stereocenters. The van der Waals surface area contributed by atoms with Crippen LogP contribution in [0.2, 0.25) is 0 Å². The minimum atomic E-state index is -4.73. The normalized spacial score (nSPS) is 11.7. The van der Waals surface area contributed by atoms with Crippen molar-refractivity contribution in [3.63, 3.8) is 0 Å². The Balaban J connectivity index is 1.54. The molecule has 0 radical (unpaired) electrons. The first-order valence-electron chi connectivity index (χ1n) is 11.7. The van der Waals surface area contributed by atoms with Crippen LogP contribution in [0.3, 0.4) is 0 Å². The molecule has 0 saturated heterocycles. The molecule has 0 aliphatic carbocycles. The first kappa shape index (κ1) is 25.1. The Labute approximate surface area is 214 Å². The maximum absolute atomic E-state index is 14.3. The highest BCUT2D eigenvalue weighted by Crippen LogP contribution is 2.46. The van der Waals surface area contributed by atoms with Crippen LogP contribution in [0.5, 0.6) is 11.6 Å². The van der Waals surface area contributed by atoms with Gasteiger partial charge in [-0.15, -0.1) is 0 Å². The molecule has 5 rings (SSSR count). The van der Waals surface area contributed by atoms with Gasteiger partial charge in [-0.1, -0.05) is 54.6 Å². The van der Waals surface area contributed by atoms with E-state index < -0.39 is 23.7 Å². The van der Waals surface area contributed by atoms with Gasteiger partial charge in [-0.05, 0) is 47.7 Å². The molecule has 1 heterocycles. The summed E-state index contributed by atoms with van der Waals surface area (Å²) < 4.78 is 68.4. The van der Waals surface area contributed by atoms with Crippen LogP contribution in [0.4, 0.5) is 22.4 Å². The van der Waals surface area contributed by atoms with Crippen LogP contribution in [0.1, 0.15) is 12.0 Å². The summed E-state index contributed by atoms with van der Waals surface area (Å²) in [7, 11) is 0. The molecule has 4 aromatic carbocycles. The van der Waals surface area contributed by atoms with Crippen molar-refractivity contribution in [1.29, 1.82) is 0 Å². The molecule has 0 aliphatic rings. The second-order valence-corrected chi connectivity index (χ2v) is 8.58. The SMILES string of the molecule is O=C(O)Oc1c(-c2ccccc2C(F)(F)F)c2cc(F)ccc2n1CCCOc1cccc2ccccc12. The van der Waals surface area contributed by atoms with E-state index in [0.29, 0.717) is 17.7 Å². The highest BCUT2D eigenvalue weighted by molar-refractivity contribution is 6.01. The number of rotatable bonds is 7. The number of hydrogen-bond acceptors (Lipinski definition) is 3. The maximum atomic E-state index is 14.3. The Morgan fingerprint density at radius 2 is 1.63 bits per heavy atom. The first-order valence-corrected chi connectivity index (χ1v) is 11.7. The Bertz CT molecular complexity index is 1640. The molecule has 5 aromatic rings. The van der Waals surface area contributed by atoms with Crippen LogP contribution in [0, 0.1) is 5.82 Å². The first-order chi connectivity index (χ1) is 18.2. The highest BCUT2D eigenvalue weighted by Gasteiger charge is 2.36. The van der Waals surface area contributed by atoms with Crippen molar-refractivity contribution in [1.82, 2.24) is 4.57 Å². The zero-order valence-electron chi connectivity index (χ0n) is 19.8. The number of hydrogen-bond donors (Lipinski definition) is 1. The van der Waals surface area contributed by atoms with E-state index in [1.807, 2.05) is 42.5 Å². The van der Waals surface area contributed by atoms with Crippen molar-refractivity contribution in [3.05, 3.63) is 96.3 Å². The van der Waals surface area contributed by atoms with Gasteiger partial charge >= 0.3 is 12.3 Å². The van der Waals surface area contributed by atoms with Crippen molar-refractivity contribution < 1.29 is 36.9 Å². The number of carbonyl (C=O) groups is 1. The van der Waals surface area contributed by atoms with Gasteiger partial charge in [0.1, 0.15) is 11.6 Å². The molecule has 38 heavy (non-hydrogen) atoms. The molecule has 1 aromatic heterocycles. The third-order valence-corrected chi connectivity index (χ3v) is 6.20. The molecule has 0 bridgehead atoms. The van der Waals surface area contributed by atoms with Crippen LogP contribution in [-0.4, -0.2) is 22.4 Å². The summed E-state index contributed by atoms with van der Waals surface area (Å²) >= 11 is 0. The predicted octanol–water partition coefficient (Wildman–Crippen LogP) is 8.15. The summed E-state index contributed by atoms with van der Waals surface area (Å²) in [5.41, 5.74) is -1.11. The third-order valence-electron chi connectivity index (χ3n) is 6.20. The zero-order valence-corrected chi connectivity index (χ0v) is 19.8. The van der Waals surface area contributed by atoms with Gasteiger partial charge in [-0.25, -0.2) is 9.18 Å². The molecule has 0 amide bonds. The predicted molar refractivity (Wildman–Crippen MR) is 135 cm³/mol. The van der Waals surface area contributed by atoms with Crippen LogP contribution >= 0.6 is 0 Å². The average Bonchev–Trinajstić information content (AvgIpc) is 3.17. The number of ether oxygens (including phenoxy) is 2. The van der Waals surface area contributed by atoms with E-state index in [4.69, 9.17) is 9.47 Å². The number of fused-ring (bicyclic) bond motifs is 2.